The third-order valence-corrected chi connectivity index (χ3v) is 4.74. The minimum absolute atomic E-state index is 0.215. The van der Waals surface area contributed by atoms with Gasteiger partial charge in [0.05, 0.1) is 18.7 Å². The monoisotopic (exact) mass is 364 g/mol. The predicted octanol–water partition coefficient (Wildman–Crippen LogP) is 4.51. The Morgan fingerprint density at radius 3 is 2.54 bits per heavy atom. The Balaban J connectivity index is 0.00000117. The van der Waals surface area contributed by atoms with Crippen LogP contribution in [0.5, 0.6) is 5.75 Å². The summed E-state index contributed by atoms with van der Waals surface area (Å²) >= 11 is 0. The van der Waals surface area contributed by atoms with E-state index in [9.17, 15) is 9.18 Å². The zero-order valence-electron chi connectivity index (χ0n) is 16.3. The van der Waals surface area contributed by atoms with Crippen molar-refractivity contribution in [2.45, 2.75) is 59.1 Å². The number of nitrogens with one attached hydrogen (secondary N) is 1. The molecule has 1 N–H and O–H groups in total. The Morgan fingerprint density at radius 2 is 2.04 bits per heavy atom. The van der Waals surface area contributed by atoms with Crippen molar-refractivity contribution in [2.24, 2.45) is 0 Å². The molecule has 0 bridgehead atoms. The topological polar surface area (TPSA) is 56.2 Å². The second-order valence-corrected chi connectivity index (χ2v) is 6.12. The molecule has 3 rings (SSSR count). The van der Waals surface area contributed by atoms with Gasteiger partial charge in [-0.05, 0) is 45.2 Å². The van der Waals surface area contributed by atoms with Gasteiger partial charge in [-0.25, -0.2) is 4.39 Å². The van der Waals surface area contributed by atoms with Crippen LogP contribution in [0.2, 0.25) is 0 Å². The van der Waals surface area contributed by atoms with Gasteiger partial charge in [-0.1, -0.05) is 13.8 Å². The van der Waals surface area contributed by atoms with Crippen LogP contribution >= 0.6 is 0 Å². The largest absolute Gasteiger partial charge is 0.497 e. The molecule has 1 fully saturated rings. The number of halogens is 1. The number of rotatable bonds is 6. The molecule has 0 radical (unpaired) electrons. The molecule has 1 unspecified atom stereocenters. The van der Waals surface area contributed by atoms with Gasteiger partial charge in [0, 0.05) is 23.9 Å². The maximum absolute atomic E-state index is 14.5. The second-order valence-electron chi connectivity index (χ2n) is 6.12. The average molecular weight is 364 g/mol. The van der Waals surface area contributed by atoms with Gasteiger partial charge in [0.1, 0.15) is 17.7 Å². The summed E-state index contributed by atoms with van der Waals surface area (Å²) in [7, 11) is 1.49. The minimum atomic E-state index is -0.731. The lowest BCUT2D eigenvalue weighted by atomic mass is 9.93. The summed E-state index contributed by atoms with van der Waals surface area (Å²) in [6, 6.07) is 4.94. The highest BCUT2D eigenvalue weighted by Crippen LogP contribution is 2.35. The number of ether oxygens (including phenoxy) is 2. The first-order valence-electron chi connectivity index (χ1n) is 9.32. The minimum Gasteiger partial charge on any atom is -0.497 e. The molecular formula is C20H29FN2O3. The van der Waals surface area contributed by atoms with Crippen LogP contribution in [0.4, 0.5) is 4.39 Å². The molecular weight excluding hydrogens is 335 g/mol. The van der Waals surface area contributed by atoms with Crippen molar-refractivity contribution in [3.05, 3.63) is 51.2 Å². The second kappa shape index (κ2) is 9.03. The number of aromatic nitrogens is 2. The maximum Gasteiger partial charge on any atom is 0.270 e. The Hall–Kier alpha value is -2.08. The molecule has 2 aromatic rings. The molecule has 0 saturated heterocycles. The van der Waals surface area contributed by atoms with E-state index < -0.39 is 11.9 Å². The lowest BCUT2D eigenvalue weighted by molar-refractivity contribution is 0.0874. The lowest BCUT2D eigenvalue weighted by Crippen LogP contribution is -2.20. The molecule has 0 amide bonds. The molecule has 26 heavy (non-hydrogen) atoms. The van der Waals surface area contributed by atoms with Crippen molar-refractivity contribution < 1.29 is 13.9 Å². The summed E-state index contributed by atoms with van der Waals surface area (Å²) in [5.74, 6) is -0.00726. The number of H-pyrrole nitrogens is 1. The number of aromatic amines is 1. The number of hydrogen-bond acceptors (Lipinski definition) is 3. The molecule has 1 aromatic heterocycles. The van der Waals surface area contributed by atoms with E-state index in [1.165, 1.54) is 19.6 Å². The number of hydrogen-bond donors (Lipinski definition) is 1. The molecule has 0 aliphatic heterocycles. The summed E-state index contributed by atoms with van der Waals surface area (Å²) < 4.78 is 27.2. The van der Waals surface area contributed by atoms with Gasteiger partial charge in [0.25, 0.3) is 5.56 Å². The highest BCUT2D eigenvalue weighted by atomic mass is 19.1. The van der Waals surface area contributed by atoms with Gasteiger partial charge in [-0.15, -0.1) is 0 Å². The van der Waals surface area contributed by atoms with E-state index in [4.69, 9.17) is 9.47 Å². The summed E-state index contributed by atoms with van der Waals surface area (Å²) in [5.41, 5.74) is 1.43. The Morgan fingerprint density at radius 1 is 1.35 bits per heavy atom. The summed E-state index contributed by atoms with van der Waals surface area (Å²) in [6.45, 7) is 8.10. The van der Waals surface area contributed by atoms with Crippen molar-refractivity contribution in [1.29, 1.82) is 0 Å². The Labute approximate surface area is 154 Å². The van der Waals surface area contributed by atoms with Gasteiger partial charge in [0.2, 0.25) is 0 Å². The zero-order chi connectivity index (χ0) is 19.3. The number of methoxy groups -OCH3 is 1. The van der Waals surface area contributed by atoms with Crippen LogP contribution in [-0.4, -0.2) is 23.5 Å². The average Bonchev–Trinajstić information content (AvgIpc) is 2.88. The summed E-state index contributed by atoms with van der Waals surface area (Å²) in [5, 5.41) is 2.90. The van der Waals surface area contributed by atoms with Crippen molar-refractivity contribution in [2.75, 3.05) is 13.7 Å². The maximum atomic E-state index is 14.5. The van der Waals surface area contributed by atoms with E-state index in [1.807, 2.05) is 32.4 Å². The molecule has 1 aromatic carbocycles. The molecule has 144 valence electrons. The SMILES string of the molecule is CC.CCOC(c1ccc(OC)cc1F)c1c(C)n(C2CCC2)[nH]c1=O. The van der Waals surface area contributed by atoms with Crippen molar-refractivity contribution in [1.82, 2.24) is 9.78 Å². The van der Waals surface area contributed by atoms with Crippen LogP contribution in [0.1, 0.15) is 69.0 Å². The van der Waals surface area contributed by atoms with Crippen LogP contribution in [0.25, 0.3) is 0 Å². The molecule has 5 nitrogen and oxygen atoms in total. The van der Waals surface area contributed by atoms with Gasteiger partial charge in [0.15, 0.2) is 0 Å². The normalized spacial score (nSPS) is 15.0. The molecule has 1 aliphatic rings. The van der Waals surface area contributed by atoms with Crippen LogP contribution in [0.3, 0.4) is 0 Å². The standard InChI is InChI=1S/C18H23FN2O3.C2H6/c1-4-24-17(14-9-8-13(23-3)10-15(14)19)16-11(2)21(20-18(16)22)12-6-5-7-12;1-2/h8-10,12,17H,4-7H2,1-3H3,(H,20,22);1-2H3. The number of benzene rings is 1. The van der Waals surface area contributed by atoms with Gasteiger partial charge < -0.3 is 9.47 Å². The van der Waals surface area contributed by atoms with Crippen molar-refractivity contribution >= 4 is 0 Å². The van der Waals surface area contributed by atoms with Gasteiger partial charge in [-0.3, -0.25) is 14.6 Å². The molecule has 1 aliphatic carbocycles. The van der Waals surface area contributed by atoms with Crippen molar-refractivity contribution in [3.63, 3.8) is 0 Å². The van der Waals surface area contributed by atoms with Gasteiger partial charge in [-0.2, -0.15) is 0 Å². The van der Waals surface area contributed by atoms with Crippen molar-refractivity contribution in [3.8, 4) is 5.75 Å². The first-order valence-corrected chi connectivity index (χ1v) is 9.32. The highest BCUT2D eigenvalue weighted by molar-refractivity contribution is 5.36. The van der Waals surface area contributed by atoms with Crippen LogP contribution < -0.4 is 10.3 Å². The Kier molecular flexibility index (Phi) is 7.03. The summed E-state index contributed by atoms with van der Waals surface area (Å²) in [6.07, 6.45) is 2.55. The van der Waals surface area contributed by atoms with E-state index in [0.717, 1.165) is 18.5 Å². The molecule has 6 heteroatoms. The Bertz CT molecular complexity index is 778. The van der Waals surface area contributed by atoms with E-state index in [0.29, 0.717) is 29.5 Å². The molecule has 1 heterocycles. The molecule has 0 spiro atoms. The van der Waals surface area contributed by atoms with Crippen LogP contribution in [-0.2, 0) is 4.74 Å². The fourth-order valence-electron chi connectivity index (χ4n) is 3.21. The molecule has 1 saturated carbocycles. The third kappa shape index (κ3) is 3.85. The highest BCUT2D eigenvalue weighted by Gasteiger charge is 2.29. The predicted molar refractivity (Wildman–Crippen MR) is 100 cm³/mol. The van der Waals surface area contributed by atoms with Crippen LogP contribution in [0, 0.1) is 12.7 Å². The third-order valence-electron chi connectivity index (χ3n) is 4.74. The van der Waals surface area contributed by atoms with E-state index >= 15 is 0 Å². The first-order chi connectivity index (χ1) is 12.6. The van der Waals surface area contributed by atoms with E-state index in [1.54, 1.807) is 12.1 Å². The van der Waals surface area contributed by atoms with Crippen LogP contribution in [0.15, 0.2) is 23.0 Å². The fraction of sp³-hybridized carbons (Fsp3) is 0.550. The van der Waals surface area contributed by atoms with E-state index in [2.05, 4.69) is 5.10 Å². The smallest absolute Gasteiger partial charge is 0.270 e. The first kappa shape index (κ1) is 20.2. The molecule has 1 atom stereocenters. The fourth-order valence-corrected chi connectivity index (χ4v) is 3.21. The van der Waals surface area contributed by atoms with Gasteiger partial charge >= 0.3 is 0 Å². The number of nitrogens with zero attached hydrogens (tertiary/aromatic N) is 1. The quantitative estimate of drug-likeness (QED) is 0.820. The lowest BCUT2D eigenvalue weighted by Gasteiger charge is -2.28. The zero-order valence-corrected chi connectivity index (χ0v) is 16.3. The van der Waals surface area contributed by atoms with E-state index in [-0.39, 0.29) is 5.56 Å². The summed E-state index contributed by atoms with van der Waals surface area (Å²) in [4.78, 5) is 12.5.